The second-order valence-corrected chi connectivity index (χ2v) is 6.07. The van der Waals surface area contributed by atoms with Crippen LogP contribution in [0.25, 0.3) is 15.2 Å². The number of fused-ring (bicyclic) bond motifs is 3. The Hall–Kier alpha value is -3.13. The molecule has 2 aromatic carbocycles. The molecule has 0 unspecified atom stereocenters. The van der Waals surface area contributed by atoms with Gasteiger partial charge in [-0.05, 0) is 42.5 Å². The molecule has 0 bridgehead atoms. The summed E-state index contributed by atoms with van der Waals surface area (Å²) in [6.45, 7) is 0. The topological polar surface area (TPSA) is 98.0 Å². The Morgan fingerprint density at radius 3 is 2.71 bits per heavy atom. The van der Waals surface area contributed by atoms with Gasteiger partial charge < -0.3 is 15.6 Å². The fraction of sp³-hybridized carbons (Fsp3) is 0.0625. The number of benzene rings is 2. The molecule has 0 spiro atoms. The van der Waals surface area contributed by atoms with Gasteiger partial charge >= 0.3 is 0 Å². The molecule has 0 aliphatic heterocycles. The van der Waals surface area contributed by atoms with Crippen LogP contribution in [0.4, 0.5) is 11.6 Å². The first-order chi connectivity index (χ1) is 11.6. The lowest BCUT2D eigenvalue weighted by molar-refractivity contribution is 0.415. The molecule has 4 rings (SSSR count). The SMILES string of the molecule is COc1ccc2c(c1)sc1nc(N)n/c(=N\c3ccc(O)cc3)n12. The van der Waals surface area contributed by atoms with Crippen molar-refractivity contribution in [1.29, 1.82) is 0 Å². The largest absolute Gasteiger partial charge is 0.508 e. The number of ether oxygens (including phenoxy) is 1. The molecule has 0 saturated heterocycles. The summed E-state index contributed by atoms with van der Waals surface area (Å²) < 4.78 is 8.12. The Labute approximate surface area is 140 Å². The first-order valence-electron chi connectivity index (χ1n) is 7.10. The van der Waals surface area contributed by atoms with Crippen LogP contribution in [0.5, 0.6) is 11.5 Å². The number of methoxy groups -OCH3 is 1. The number of nitrogens with zero attached hydrogens (tertiary/aromatic N) is 4. The molecule has 4 aromatic rings. The van der Waals surface area contributed by atoms with Gasteiger partial charge in [-0.1, -0.05) is 11.3 Å². The van der Waals surface area contributed by atoms with Crippen LogP contribution in [-0.2, 0) is 0 Å². The Morgan fingerprint density at radius 2 is 1.96 bits per heavy atom. The summed E-state index contributed by atoms with van der Waals surface area (Å²) >= 11 is 1.48. The van der Waals surface area contributed by atoms with Crippen LogP contribution in [0.15, 0.2) is 47.5 Å². The average molecular weight is 339 g/mol. The molecule has 2 aromatic heterocycles. The van der Waals surface area contributed by atoms with Gasteiger partial charge in [-0.25, -0.2) is 4.99 Å². The van der Waals surface area contributed by atoms with Crippen LogP contribution in [0.2, 0.25) is 0 Å². The van der Waals surface area contributed by atoms with Crippen molar-refractivity contribution < 1.29 is 9.84 Å². The Morgan fingerprint density at radius 1 is 1.17 bits per heavy atom. The Kier molecular flexibility index (Phi) is 3.31. The molecule has 0 aliphatic carbocycles. The highest BCUT2D eigenvalue weighted by Crippen LogP contribution is 2.28. The van der Waals surface area contributed by atoms with E-state index in [2.05, 4.69) is 15.0 Å². The van der Waals surface area contributed by atoms with Gasteiger partial charge in [-0.2, -0.15) is 9.97 Å². The van der Waals surface area contributed by atoms with E-state index in [0.717, 1.165) is 16.0 Å². The normalized spacial score (nSPS) is 12.1. The number of phenolic OH excluding ortho intramolecular Hbond substituents is 1. The van der Waals surface area contributed by atoms with E-state index in [-0.39, 0.29) is 11.7 Å². The maximum atomic E-state index is 9.39. The summed E-state index contributed by atoms with van der Waals surface area (Å²) in [5.74, 6) is 1.11. The van der Waals surface area contributed by atoms with Crippen LogP contribution in [0.1, 0.15) is 0 Å². The minimum Gasteiger partial charge on any atom is -0.508 e. The average Bonchev–Trinajstić information content (AvgIpc) is 2.93. The van der Waals surface area contributed by atoms with Gasteiger partial charge in [0, 0.05) is 0 Å². The van der Waals surface area contributed by atoms with E-state index in [1.165, 1.54) is 11.3 Å². The molecule has 0 atom stereocenters. The van der Waals surface area contributed by atoms with Gasteiger partial charge in [0.1, 0.15) is 11.5 Å². The van der Waals surface area contributed by atoms with Gasteiger partial charge in [0.05, 0.1) is 23.0 Å². The van der Waals surface area contributed by atoms with E-state index in [9.17, 15) is 5.11 Å². The van der Waals surface area contributed by atoms with Crippen LogP contribution in [0.3, 0.4) is 0 Å². The lowest BCUT2D eigenvalue weighted by atomic mass is 10.3. The van der Waals surface area contributed by atoms with E-state index in [0.29, 0.717) is 16.3 Å². The number of hydrogen-bond acceptors (Lipinski definition) is 7. The summed E-state index contributed by atoms with van der Waals surface area (Å²) in [6, 6.07) is 12.3. The van der Waals surface area contributed by atoms with E-state index < -0.39 is 0 Å². The molecule has 2 heterocycles. The van der Waals surface area contributed by atoms with Crippen molar-refractivity contribution >= 4 is 38.2 Å². The van der Waals surface area contributed by atoms with Gasteiger partial charge in [0.2, 0.25) is 16.5 Å². The molecule has 8 heteroatoms. The number of rotatable bonds is 2. The predicted octanol–water partition coefficient (Wildman–Crippen LogP) is 2.47. The monoisotopic (exact) mass is 339 g/mol. The summed E-state index contributed by atoms with van der Waals surface area (Å²) in [7, 11) is 1.63. The molecule has 0 radical (unpaired) electrons. The number of phenols is 1. The fourth-order valence-corrected chi connectivity index (χ4v) is 3.44. The quantitative estimate of drug-likeness (QED) is 0.584. The molecule has 0 amide bonds. The van der Waals surface area contributed by atoms with Crippen molar-refractivity contribution in [1.82, 2.24) is 14.4 Å². The number of nitrogen functional groups attached to an aromatic ring is 1. The van der Waals surface area contributed by atoms with Gasteiger partial charge in [-0.15, -0.1) is 0 Å². The predicted molar refractivity (Wildman–Crippen MR) is 92.7 cm³/mol. The maximum Gasteiger partial charge on any atom is 0.240 e. The molecule has 3 N–H and O–H groups in total. The third kappa shape index (κ3) is 2.42. The van der Waals surface area contributed by atoms with Crippen molar-refractivity contribution in [3.8, 4) is 11.5 Å². The minimum atomic E-state index is 0.158. The Balaban J connectivity index is 2.05. The highest BCUT2D eigenvalue weighted by Gasteiger charge is 2.10. The van der Waals surface area contributed by atoms with E-state index in [4.69, 9.17) is 10.5 Å². The Bertz CT molecular complexity index is 1120. The first kappa shape index (κ1) is 14.5. The number of aromatic hydroxyl groups is 1. The second kappa shape index (κ2) is 5.50. The van der Waals surface area contributed by atoms with Crippen molar-refractivity contribution in [3.05, 3.63) is 48.1 Å². The summed E-state index contributed by atoms with van der Waals surface area (Å²) in [6.07, 6.45) is 0. The van der Waals surface area contributed by atoms with Gasteiger partial charge in [0.25, 0.3) is 0 Å². The molecular formula is C16H13N5O2S. The van der Waals surface area contributed by atoms with Crippen molar-refractivity contribution in [2.24, 2.45) is 4.99 Å². The highest BCUT2D eigenvalue weighted by atomic mass is 32.1. The summed E-state index contributed by atoms with van der Waals surface area (Å²) in [5.41, 5.74) is 7.84. The molecule has 7 nitrogen and oxygen atoms in total. The van der Waals surface area contributed by atoms with Crippen LogP contribution in [0, 0.1) is 0 Å². The third-order valence-electron chi connectivity index (χ3n) is 3.50. The minimum absolute atomic E-state index is 0.158. The zero-order chi connectivity index (χ0) is 16.7. The van der Waals surface area contributed by atoms with Crippen LogP contribution in [-0.4, -0.2) is 26.6 Å². The number of hydrogen-bond donors (Lipinski definition) is 2. The lowest BCUT2D eigenvalue weighted by Crippen LogP contribution is -2.20. The third-order valence-corrected chi connectivity index (χ3v) is 4.51. The fourth-order valence-electron chi connectivity index (χ4n) is 2.39. The van der Waals surface area contributed by atoms with Crippen molar-refractivity contribution in [2.75, 3.05) is 12.8 Å². The highest BCUT2D eigenvalue weighted by molar-refractivity contribution is 7.23. The van der Waals surface area contributed by atoms with Gasteiger partial charge in [0.15, 0.2) is 0 Å². The van der Waals surface area contributed by atoms with E-state index in [1.54, 1.807) is 31.4 Å². The molecule has 0 fully saturated rings. The number of nitrogens with two attached hydrogens (primary N) is 1. The zero-order valence-electron chi connectivity index (χ0n) is 12.7. The molecule has 0 aliphatic rings. The molecule has 120 valence electrons. The lowest BCUT2D eigenvalue weighted by Gasteiger charge is -2.01. The summed E-state index contributed by atoms with van der Waals surface area (Å²) in [5, 5.41) is 9.39. The van der Waals surface area contributed by atoms with E-state index in [1.807, 2.05) is 22.6 Å². The summed E-state index contributed by atoms with van der Waals surface area (Å²) in [4.78, 5) is 13.8. The second-order valence-electron chi connectivity index (χ2n) is 5.06. The molecule has 24 heavy (non-hydrogen) atoms. The smallest absolute Gasteiger partial charge is 0.240 e. The maximum absolute atomic E-state index is 9.39. The van der Waals surface area contributed by atoms with Crippen LogP contribution >= 0.6 is 11.3 Å². The molecule has 0 saturated carbocycles. The van der Waals surface area contributed by atoms with Gasteiger partial charge in [-0.3, -0.25) is 4.40 Å². The standard InChI is InChI=1S/C16H13N5O2S/c1-23-11-6-7-12-13(8-11)24-16-20-14(17)19-15(21(12)16)18-9-2-4-10(22)5-3-9/h2-8,22H,1H3,(H2,17,18,19). The molecular weight excluding hydrogens is 326 g/mol. The zero-order valence-corrected chi connectivity index (χ0v) is 13.5. The number of aromatic nitrogens is 3. The van der Waals surface area contributed by atoms with Crippen LogP contribution < -0.4 is 16.1 Å². The van der Waals surface area contributed by atoms with E-state index >= 15 is 0 Å². The van der Waals surface area contributed by atoms with Crippen molar-refractivity contribution in [3.63, 3.8) is 0 Å². The van der Waals surface area contributed by atoms with Crippen molar-refractivity contribution in [2.45, 2.75) is 0 Å². The first-order valence-corrected chi connectivity index (χ1v) is 7.92. The number of anilines is 1. The number of thiazole rings is 1.